The van der Waals surface area contributed by atoms with Crippen molar-refractivity contribution in [2.75, 3.05) is 13.1 Å². The van der Waals surface area contributed by atoms with Crippen molar-refractivity contribution in [3.05, 3.63) is 33.8 Å². The lowest BCUT2D eigenvalue weighted by Crippen LogP contribution is -2.39. The van der Waals surface area contributed by atoms with Crippen LogP contribution in [0.5, 0.6) is 0 Å². The van der Waals surface area contributed by atoms with E-state index in [0.29, 0.717) is 6.42 Å². The number of aryl methyl sites for hydroxylation is 1. The number of piperidine rings is 1. The number of fused-ring (bicyclic) bond motifs is 2. The zero-order valence-electron chi connectivity index (χ0n) is 11.0. The SMILES string of the molecule is Cc1cc2c(cc1Cl)C1(CCNCC1)OC2CC#N. The van der Waals surface area contributed by atoms with Crippen LogP contribution in [-0.2, 0) is 10.3 Å². The molecule has 1 N–H and O–H groups in total. The molecule has 1 aromatic rings. The second-order valence-corrected chi connectivity index (χ2v) is 5.81. The summed E-state index contributed by atoms with van der Waals surface area (Å²) < 4.78 is 6.29. The summed E-state index contributed by atoms with van der Waals surface area (Å²) in [5.41, 5.74) is 3.17. The summed E-state index contributed by atoms with van der Waals surface area (Å²) in [5.74, 6) is 0. The number of nitrogens with zero attached hydrogens (tertiary/aromatic N) is 1. The van der Waals surface area contributed by atoms with Gasteiger partial charge in [0, 0.05) is 5.02 Å². The largest absolute Gasteiger partial charge is 0.361 e. The highest BCUT2D eigenvalue weighted by Gasteiger charge is 2.45. The fraction of sp³-hybridized carbons (Fsp3) is 0.533. The second-order valence-electron chi connectivity index (χ2n) is 5.40. The fourth-order valence-corrected chi connectivity index (χ4v) is 3.38. The molecule has 1 spiro atoms. The van der Waals surface area contributed by atoms with E-state index in [0.717, 1.165) is 42.1 Å². The van der Waals surface area contributed by atoms with E-state index in [2.05, 4.69) is 23.5 Å². The van der Waals surface area contributed by atoms with Gasteiger partial charge in [-0.3, -0.25) is 0 Å². The Morgan fingerprint density at radius 2 is 2.21 bits per heavy atom. The monoisotopic (exact) mass is 276 g/mol. The molecule has 2 heterocycles. The van der Waals surface area contributed by atoms with E-state index in [1.54, 1.807) is 0 Å². The molecule has 100 valence electrons. The van der Waals surface area contributed by atoms with Crippen LogP contribution in [0.25, 0.3) is 0 Å². The highest BCUT2D eigenvalue weighted by Crippen LogP contribution is 2.50. The molecule has 0 aliphatic carbocycles. The minimum absolute atomic E-state index is 0.103. The van der Waals surface area contributed by atoms with Gasteiger partial charge in [-0.15, -0.1) is 0 Å². The molecule has 4 heteroatoms. The van der Waals surface area contributed by atoms with Gasteiger partial charge in [-0.05, 0) is 55.6 Å². The topological polar surface area (TPSA) is 45.0 Å². The Morgan fingerprint density at radius 1 is 1.47 bits per heavy atom. The van der Waals surface area contributed by atoms with Crippen LogP contribution in [0.3, 0.4) is 0 Å². The number of nitriles is 1. The first-order valence-electron chi connectivity index (χ1n) is 6.72. The Balaban J connectivity index is 2.09. The highest BCUT2D eigenvalue weighted by molar-refractivity contribution is 6.31. The van der Waals surface area contributed by atoms with E-state index in [4.69, 9.17) is 21.6 Å². The predicted molar refractivity (Wildman–Crippen MR) is 74.0 cm³/mol. The maximum absolute atomic E-state index is 8.99. The van der Waals surface area contributed by atoms with Crippen LogP contribution in [0.15, 0.2) is 12.1 Å². The Morgan fingerprint density at radius 3 is 2.89 bits per heavy atom. The number of rotatable bonds is 1. The molecule has 19 heavy (non-hydrogen) atoms. The summed E-state index contributed by atoms with van der Waals surface area (Å²) in [5, 5.41) is 13.1. The van der Waals surface area contributed by atoms with Crippen molar-refractivity contribution in [3.63, 3.8) is 0 Å². The minimum Gasteiger partial charge on any atom is -0.361 e. The maximum atomic E-state index is 8.99. The van der Waals surface area contributed by atoms with Crippen molar-refractivity contribution >= 4 is 11.6 Å². The molecule has 0 amide bonds. The van der Waals surface area contributed by atoms with Gasteiger partial charge in [0.25, 0.3) is 0 Å². The highest BCUT2D eigenvalue weighted by atomic mass is 35.5. The number of ether oxygens (including phenoxy) is 1. The van der Waals surface area contributed by atoms with E-state index in [1.807, 2.05) is 6.92 Å². The summed E-state index contributed by atoms with van der Waals surface area (Å²) in [6, 6.07) is 6.38. The second kappa shape index (κ2) is 4.79. The molecule has 0 aromatic heterocycles. The maximum Gasteiger partial charge on any atom is 0.0970 e. The molecule has 0 saturated carbocycles. The van der Waals surface area contributed by atoms with Crippen molar-refractivity contribution in [1.29, 1.82) is 5.26 Å². The minimum atomic E-state index is -0.237. The molecule has 1 unspecified atom stereocenters. The molecule has 2 aliphatic rings. The zero-order chi connectivity index (χ0) is 13.5. The van der Waals surface area contributed by atoms with Gasteiger partial charge in [0.1, 0.15) is 0 Å². The third kappa shape index (κ3) is 2.04. The lowest BCUT2D eigenvalue weighted by Gasteiger charge is -2.34. The molecule has 1 saturated heterocycles. The third-order valence-electron chi connectivity index (χ3n) is 4.22. The van der Waals surface area contributed by atoms with Gasteiger partial charge >= 0.3 is 0 Å². The van der Waals surface area contributed by atoms with Crippen molar-refractivity contribution in [2.45, 2.75) is 37.9 Å². The van der Waals surface area contributed by atoms with Gasteiger partial charge in [-0.1, -0.05) is 17.7 Å². The summed E-state index contributed by atoms with van der Waals surface area (Å²) in [4.78, 5) is 0. The van der Waals surface area contributed by atoms with Gasteiger partial charge in [0.05, 0.1) is 24.2 Å². The van der Waals surface area contributed by atoms with Crippen LogP contribution in [0.2, 0.25) is 5.02 Å². The Kier molecular flexibility index (Phi) is 3.26. The van der Waals surface area contributed by atoms with Crippen LogP contribution in [0.4, 0.5) is 0 Å². The molecule has 1 fully saturated rings. The fourth-order valence-electron chi connectivity index (χ4n) is 3.22. The van der Waals surface area contributed by atoms with Gasteiger partial charge in [-0.2, -0.15) is 5.26 Å². The zero-order valence-corrected chi connectivity index (χ0v) is 11.8. The van der Waals surface area contributed by atoms with E-state index in [1.165, 1.54) is 5.56 Å². The Hall–Kier alpha value is -1.08. The quantitative estimate of drug-likeness (QED) is 0.857. The average Bonchev–Trinajstić information content (AvgIpc) is 2.66. The average molecular weight is 277 g/mol. The van der Waals surface area contributed by atoms with Crippen molar-refractivity contribution in [2.24, 2.45) is 0 Å². The van der Waals surface area contributed by atoms with Crippen molar-refractivity contribution in [1.82, 2.24) is 5.32 Å². The number of hydrogen-bond donors (Lipinski definition) is 1. The van der Waals surface area contributed by atoms with Crippen LogP contribution in [0, 0.1) is 18.3 Å². The first-order valence-corrected chi connectivity index (χ1v) is 7.10. The molecular formula is C15H17ClN2O. The lowest BCUT2D eigenvalue weighted by atomic mass is 9.83. The normalized spacial score (nSPS) is 24.2. The standard InChI is InChI=1S/C15H17ClN2O/c1-10-8-11-12(9-13(10)16)15(3-6-18-7-4-15)19-14(11)2-5-17/h8-9,14,18H,2-4,6-7H2,1H3. The van der Waals surface area contributed by atoms with Crippen molar-refractivity contribution < 1.29 is 4.74 Å². The Bertz CT molecular complexity index is 544. The molecule has 0 radical (unpaired) electrons. The lowest BCUT2D eigenvalue weighted by molar-refractivity contribution is -0.0924. The number of hydrogen-bond acceptors (Lipinski definition) is 3. The van der Waals surface area contributed by atoms with Gasteiger partial charge in [0.15, 0.2) is 0 Å². The van der Waals surface area contributed by atoms with E-state index in [9.17, 15) is 0 Å². The first kappa shape index (κ1) is 12.9. The van der Waals surface area contributed by atoms with Gasteiger partial charge < -0.3 is 10.1 Å². The van der Waals surface area contributed by atoms with E-state index >= 15 is 0 Å². The van der Waals surface area contributed by atoms with Gasteiger partial charge in [-0.25, -0.2) is 0 Å². The number of halogens is 1. The molecule has 1 aromatic carbocycles. The van der Waals surface area contributed by atoms with Crippen LogP contribution in [-0.4, -0.2) is 13.1 Å². The first-order chi connectivity index (χ1) is 9.16. The van der Waals surface area contributed by atoms with Crippen LogP contribution >= 0.6 is 11.6 Å². The van der Waals surface area contributed by atoms with E-state index in [-0.39, 0.29) is 11.7 Å². The molecular weight excluding hydrogens is 260 g/mol. The summed E-state index contributed by atoms with van der Waals surface area (Å²) in [6.45, 7) is 3.90. The third-order valence-corrected chi connectivity index (χ3v) is 4.63. The summed E-state index contributed by atoms with van der Waals surface area (Å²) >= 11 is 6.28. The van der Waals surface area contributed by atoms with E-state index < -0.39 is 0 Å². The van der Waals surface area contributed by atoms with Crippen molar-refractivity contribution in [3.8, 4) is 6.07 Å². The summed E-state index contributed by atoms with van der Waals surface area (Å²) in [6.07, 6.45) is 2.19. The molecule has 1 atom stereocenters. The molecule has 3 rings (SSSR count). The molecule has 3 nitrogen and oxygen atoms in total. The summed E-state index contributed by atoms with van der Waals surface area (Å²) in [7, 11) is 0. The predicted octanol–water partition coefficient (Wildman–Crippen LogP) is 3.21. The van der Waals surface area contributed by atoms with Crippen LogP contribution in [0.1, 0.15) is 42.1 Å². The smallest absolute Gasteiger partial charge is 0.0970 e. The molecule has 2 aliphatic heterocycles. The number of nitrogens with one attached hydrogen (secondary N) is 1. The van der Waals surface area contributed by atoms with Crippen LogP contribution < -0.4 is 5.32 Å². The molecule has 0 bridgehead atoms. The van der Waals surface area contributed by atoms with Gasteiger partial charge in [0.2, 0.25) is 0 Å². The Labute approximate surface area is 118 Å². The number of benzene rings is 1.